The van der Waals surface area contributed by atoms with Gasteiger partial charge in [-0.3, -0.25) is 9.88 Å². The first-order valence-corrected chi connectivity index (χ1v) is 7.34. The van der Waals surface area contributed by atoms with Crippen molar-refractivity contribution in [2.75, 3.05) is 36.8 Å². The van der Waals surface area contributed by atoms with E-state index in [-0.39, 0.29) is 0 Å². The third-order valence-corrected chi connectivity index (χ3v) is 4.29. The van der Waals surface area contributed by atoms with Gasteiger partial charge in [0.2, 0.25) is 0 Å². The Morgan fingerprint density at radius 1 is 1.44 bits per heavy atom. The average Bonchev–Trinajstić information content (AvgIpc) is 2.80. The van der Waals surface area contributed by atoms with Crippen LogP contribution in [-0.4, -0.2) is 42.1 Å². The second-order valence-electron chi connectivity index (χ2n) is 4.67. The number of rotatable bonds is 4. The van der Waals surface area contributed by atoms with E-state index in [1.54, 1.807) is 6.20 Å². The fourth-order valence-corrected chi connectivity index (χ4v) is 3.36. The largest absolute Gasteiger partial charge is 0.396 e. The molecule has 1 atom stereocenters. The number of pyridine rings is 1. The topological polar surface area (TPSA) is 45.4 Å². The van der Waals surface area contributed by atoms with Gasteiger partial charge in [-0.1, -0.05) is 13.8 Å². The predicted molar refractivity (Wildman–Crippen MR) is 79.9 cm³/mol. The molecule has 1 aromatic rings. The highest BCUT2D eigenvalue weighted by Gasteiger charge is 2.28. The number of anilines is 2. The molecule has 0 saturated carbocycles. The van der Waals surface area contributed by atoms with Gasteiger partial charge in [-0.25, -0.2) is 0 Å². The molecule has 1 unspecified atom stereocenters. The molecule has 18 heavy (non-hydrogen) atoms. The monoisotopic (exact) mass is 312 g/mol. The molecule has 2 N–H and O–H groups in total. The Kier molecular flexibility index (Phi) is 4.45. The number of halogens is 1. The second kappa shape index (κ2) is 5.89. The lowest BCUT2D eigenvalue weighted by Crippen LogP contribution is -2.37. The van der Waals surface area contributed by atoms with Crippen LogP contribution in [0, 0.1) is 0 Å². The molecule has 1 aliphatic rings. The van der Waals surface area contributed by atoms with Gasteiger partial charge in [-0.15, -0.1) is 0 Å². The van der Waals surface area contributed by atoms with E-state index in [2.05, 4.69) is 44.6 Å². The Bertz CT molecular complexity index is 386. The zero-order chi connectivity index (χ0) is 13.1. The van der Waals surface area contributed by atoms with Gasteiger partial charge >= 0.3 is 0 Å². The molecule has 0 bridgehead atoms. The van der Waals surface area contributed by atoms with Gasteiger partial charge in [-0.05, 0) is 35.4 Å². The lowest BCUT2D eigenvalue weighted by Gasteiger charge is -2.27. The Morgan fingerprint density at radius 2 is 2.17 bits per heavy atom. The van der Waals surface area contributed by atoms with Crippen LogP contribution >= 0.6 is 15.9 Å². The zero-order valence-electron chi connectivity index (χ0n) is 11.1. The van der Waals surface area contributed by atoms with Crippen LogP contribution in [0.2, 0.25) is 0 Å². The Morgan fingerprint density at radius 3 is 2.78 bits per heavy atom. The minimum Gasteiger partial charge on any atom is -0.396 e. The van der Waals surface area contributed by atoms with Crippen LogP contribution in [0.25, 0.3) is 0 Å². The van der Waals surface area contributed by atoms with Crippen molar-refractivity contribution in [2.24, 2.45) is 0 Å². The summed E-state index contributed by atoms with van der Waals surface area (Å²) in [6, 6.07) is 0.638. The van der Waals surface area contributed by atoms with Crippen molar-refractivity contribution in [2.45, 2.75) is 26.3 Å². The standard InChI is InChI=1S/C13H21BrN4/c1-3-17(4-2)10-5-6-18(9-10)13-11(14)7-16-8-12(13)15/h7-8,10H,3-6,9,15H2,1-2H3. The first kappa shape index (κ1) is 13.6. The molecule has 0 aromatic carbocycles. The van der Waals surface area contributed by atoms with Crippen molar-refractivity contribution in [1.82, 2.24) is 9.88 Å². The maximum absolute atomic E-state index is 6.04. The molecule has 0 radical (unpaired) electrons. The molecule has 4 nitrogen and oxygen atoms in total. The fraction of sp³-hybridized carbons (Fsp3) is 0.615. The number of aromatic nitrogens is 1. The van der Waals surface area contributed by atoms with Crippen LogP contribution in [0.4, 0.5) is 11.4 Å². The normalized spacial score (nSPS) is 19.8. The van der Waals surface area contributed by atoms with Crippen molar-refractivity contribution < 1.29 is 0 Å². The summed E-state index contributed by atoms with van der Waals surface area (Å²) in [7, 11) is 0. The fourth-order valence-electron chi connectivity index (χ4n) is 2.76. The van der Waals surface area contributed by atoms with E-state index in [9.17, 15) is 0 Å². The molecule has 1 aromatic heterocycles. The lowest BCUT2D eigenvalue weighted by molar-refractivity contribution is 0.232. The highest BCUT2D eigenvalue weighted by Crippen LogP contribution is 2.34. The van der Waals surface area contributed by atoms with Gasteiger partial charge in [0.25, 0.3) is 0 Å². The van der Waals surface area contributed by atoms with Gasteiger partial charge in [0.05, 0.1) is 22.0 Å². The smallest absolute Gasteiger partial charge is 0.0776 e. The average molecular weight is 313 g/mol. The minimum absolute atomic E-state index is 0.638. The molecule has 0 spiro atoms. The summed E-state index contributed by atoms with van der Waals surface area (Å²) in [5, 5.41) is 0. The quantitative estimate of drug-likeness (QED) is 0.927. The molecule has 0 aliphatic carbocycles. The van der Waals surface area contributed by atoms with E-state index >= 15 is 0 Å². The van der Waals surface area contributed by atoms with E-state index in [1.165, 1.54) is 6.42 Å². The van der Waals surface area contributed by atoms with Crippen molar-refractivity contribution >= 4 is 27.3 Å². The molecule has 100 valence electrons. The SMILES string of the molecule is CCN(CC)C1CCN(c2c(N)cncc2Br)C1. The number of likely N-dealkylation sites (N-methyl/N-ethyl adjacent to an activating group) is 1. The maximum atomic E-state index is 6.04. The summed E-state index contributed by atoms with van der Waals surface area (Å²) in [5.41, 5.74) is 7.89. The van der Waals surface area contributed by atoms with Gasteiger partial charge in [-0.2, -0.15) is 0 Å². The number of hydrogen-bond acceptors (Lipinski definition) is 4. The van der Waals surface area contributed by atoms with E-state index in [0.717, 1.165) is 42.0 Å². The first-order chi connectivity index (χ1) is 8.67. The lowest BCUT2D eigenvalue weighted by atomic mass is 10.2. The summed E-state index contributed by atoms with van der Waals surface area (Å²) in [5.74, 6) is 0. The van der Waals surface area contributed by atoms with Crippen LogP contribution in [-0.2, 0) is 0 Å². The van der Waals surface area contributed by atoms with Crippen LogP contribution in [0.3, 0.4) is 0 Å². The van der Waals surface area contributed by atoms with Crippen LogP contribution < -0.4 is 10.6 Å². The van der Waals surface area contributed by atoms with E-state index in [0.29, 0.717) is 6.04 Å². The van der Waals surface area contributed by atoms with Crippen LogP contribution in [0.5, 0.6) is 0 Å². The molecule has 5 heteroatoms. The predicted octanol–water partition coefficient (Wildman–Crippen LogP) is 2.35. The molecular weight excluding hydrogens is 292 g/mol. The Hall–Kier alpha value is -0.810. The third kappa shape index (κ3) is 2.62. The second-order valence-corrected chi connectivity index (χ2v) is 5.52. The molecular formula is C13H21BrN4. The van der Waals surface area contributed by atoms with Crippen molar-refractivity contribution in [1.29, 1.82) is 0 Å². The van der Waals surface area contributed by atoms with E-state index in [1.807, 2.05) is 6.20 Å². The van der Waals surface area contributed by atoms with Gasteiger partial charge in [0.1, 0.15) is 0 Å². The Labute approximate surface area is 117 Å². The van der Waals surface area contributed by atoms with Crippen molar-refractivity contribution in [3.05, 3.63) is 16.9 Å². The molecule has 2 heterocycles. The molecule has 1 aliphatic heterocycles. The number of nitrogens with two attached hydrogens (primary N) is 1. The van der Waals surface area contributed by atoms with Crippen LogP contribution in [0.15, 0.2) is 16.9 Å². The molecule has 1 saturated heterocycles. The number of hydrogen-bond donors (Lipinski definition) is 1. The molecule has 0 amide bonds. The first-order valence-electron chi connectivity index (χ1n) is 6.55. The summed E-state index contributed by atoms with van der Waals surface area (Å²) < 4.78 is 0.989. The molecule has 1 fully saturated rings. The summed E-state index contributed by atoms with van der Waals surface area (Å²) in [6.45, 7) is 8.79. The highest BCUT2D eigenvalue weighted by molar-refractivity contribution is 9.10. The zero-order valence-corrected chi connectivity index (χ0v) is 12.7. The number of nitrogens with zero attached hydrogens (tertiary/aromatic N) is 3. The minimum atomic E-state index is 0.638. The Balaban J connectivity index is 2.13. The van der Waals surface area contributed by atoms with Crippen molar-refractivity contribution in [3.63, 3.8) is 0 Å². The van der Waals surface area contributed by atoms with Crippen molar-refractivity contribution in [3.8, 4) is 0 Å². The summed E-state index contributed by atoms with van der Waals surface area (Å²) in [4.78, 5) is 8.98. The summed E-state index contributed by atoms with van der Waals surface area (Å²) in [6.07, 6.45) is 4.75. The van der Waals surface area contributed by atoms with Gasteiger partial charge in [0.15, 0.2) is 0 Å². The third-order valence-electron chi connectivity index (χ3n) is 3.71. The van der Waals surface area contributed by atoms with Crippen LogP contribution in [0.1, 0.15) is 20.3 Å². The summed E-state index contributed by atoms with van der Waals surface area (Å²) >= 11 is 3.55. The highest BCUT2D eigenvalue weighted by atomic mass is 79.9. The van der Waals surface area contributed by atoms with Gasteiger partial charge in [0, 0.05) is 25.3 Å². The van der Waals surface area contributed by atoms with Gasteiger partial charge < -0.3 is 10.6 Å². The number of nitrogen functional groups attached to an aromatic ring is 1. The molecule has 2 rings (SSSR count). The van der Waals surface area contributed by atoms with E-state index < -0.39 is 0 Å². The maximum Gasteiger partial charge on any atom is 0.0776 e. The van der Waals surface area contributed by atoms with E-state index in [4.69, 9.17) is 5.73 Å².